The van der Waals surface area contributed by atoms with Crippen LogP contribution in [0.1, 0.15) is 0 Å². The number of fused-ring (bicyclic) bond motifs is 4. The van der Waals surface area contributed by atoms with Gasteiger partial charge in [-0.1, -0.05) is 170 Å². The molecule has 9 aromatic rings. The first-order valence-corrected chi connectivity index (χ1v) is 16.3. The molecule has 0 aliphatic carbocycles. The summed E-state index contributed by atoms with van der Waals surface area (Å²) in [5.74, 6) is 0.707. The van der Waals surface area contributed by atoms with E-state index in [1.165, 1.54) is 49.0 Å². The molecule has 48 heavy (non-hydrogen) atoms. The Hall–Kier alpha value is -6.38. The Bertz CT molecular complexity index is 2590. The van der Waals surface area contributed by atoms with Gasteiger partial charge in [-0.25, -0.2) is 9.97 Å². The minimum absolute atomic E-state index is 0.707. The molecule has 0 bridgehead atoms. The lowest BCUT2D eigenvalue weighted by molar-refractivity contribution is 1.19. The van der Waals surface area contributed by atoms with E-state index in [2.05, 4.69) is 164 Å². The lowest BCUT2D eigenvalue weighted by atomic mass is 9.85. The van der Waals surface area contributed by atoms with E-state index in [0.29, 0.717) is 5.82 Å². The molecule has 0 fully saturated rings. The molecule has 1 heterocycles. The Morgan fingerprint density at radius 1 is 0.292 bits per heavy atom. The standard InChI is InChI=1S/C46H30N2/c1-4-15-31(16-5-1)35-22-14-23-36(29-35)41-30-42(48-46(47-41)34-20-8-3-9-21-34)44-39-26-13-12-25-38(39)43(33-18-6-2-7-19-33)45-37-24-11-10-17-32(37)27-28-40(44)45/h1-30H. The number of nitrogens with zero attached hydrogens (tertiary/aromatic N) is 2. The molecule has 0 atom stereocenters. The van der Waals surface area contributed by atoms with Crippen LogP contribution in [-0.2, 0) is 0 Å². The highest BCUT2D eigenvalue weighted by molar-refractivity contribution is 6.27. The fourth-order valence-electron chi connectivity index (χ4n) is 7.06. The first kappa shape index (κ1) is 27.9. The maximum absolute atomic E-state index is 5.35. The van der Waals surface area contributed by atoms with Gasteiger partial charge < -0.3 is 0 Å². The van der Waals surface area contributed by atoms with Crippen molar-refractivity contribution in [2.45, 2.75) is 0 Å². The molecule has 224 valence electrons. The third-order valence-electron chi connectivity index (χ3n) is 9.26. The van der Waals surface area contributed by atoms with Crippen molar-refractivity contribution in [1.29, 1.82) is 0 Å². The van der Waals surface area contributed by atoms with Gasteiger partial charge in [-0.3, -0.25) is 0 Å². The molecule has 8 aromatic carbocycles. The number of hydrogen-bond acceptors (Lipinski definition) is 2. The summed E-state index contributed by atoms with van der Waals surface area (Å²) in [7, 11) is 0. The molecule has 0 amide bonds. The molecule has 0 spiro atoms. The van der Waals surface area contributed by atoms with Crippen molar-refractivity contribution in [1.82, 2.24) is 9.97 Å². The van der Waals surface area contributed by atoms with Crippen LogP contribution >= 0.6 is 0 Å². The van der Waals surface area contributed by atoms with Gasteiger partial charge in [-0.15, -0.1) is 0 Å². The molecule has 0 saturated heterocycles. The number of aromatic nitrogens is 2. The Morgan fingerprint density at radius 2 is 0.833 bits per heavy atom. The summed E-state index contributed by atoms with van der Waals surface area (Å²) in [6, 6.07) is 64.5. The lowest BCUT2D eigenvalue weighted by Gasteiger charge is -2.19. The van der Waals surface area contributed by atoms with Crippen LogP contribution in [0.4, 0.5) is 0 Å². The zero-order chi connectivity index (χ0) is 31.9. The third-order valence-corrected chi connectivity index (χ3v) is 9.26. The van der Waals surface area contributed by atoms with E-state index in [1.54, 1.807) is 0 Å². The summed E-state index contributed by atoms with van der Waals surface area (Å²) in [5, 5.41) is 7.23. The van der Waals surface area contributed by atoms with Gasteiger partial charge in [0.1, 0.15) is 0 Å². The van der Waals surface area contributed by atoms with E-state index in [9.17, 15) is 0 Å². The topological polar surface area (TPSA) is 25.8 Å². The van der Waals surface area contributed by atoms with Crippen LogP contribution in [0.2, 0.25) is 0 Å². The SMILES string of the molecule is c1ccc(-c2cccc(-c3cc(-c4c5ccccc5c(-c5ccccc5)c5c4ccc4ccccc45)nc(-c4ccccc4)n3)c2)cc1. The van der Waals surface area contributed by atoms with Crippen molar-refractivity contribution >= 4 is 32.3 Å². The maximum atomic E-state index is 5.35. The van der Waals surface area contributed by atoms with Crippen LogP contribution in [0, 0.1) is 0 Å². The highest BCUT2D eigenvalue weighted by atomic mass is 14.9. The van der Waals surface area contributed by atoms with Gasteiger partial charge in [0, 0.05) is 16.7 Å². The van der Waals surface area contributed by atoms with Crippen LogP contribution in [0.3, 0.4) is 0 Å². The molecular weight excluding hydrogens is 581 g/mol. The largest absolute Gasteiger partial charge is 0.228 e. The molecule has 0 N–H and O–H groups in total. The van der Waals surface area contributed by atoms with Gasteiger partial charge in [0.05, 0.1) is 11.4 Å². The van der Waals surface area contributed by atoms with Gasteiger partial charge in [-0.2, -0.15) is 0 Å². The Kier molecular flexibility index (Phi) is 6.84. The van der Waals surface area contributed by atoms with E-state index in [4.69, 9.17) is 9.97 Å². The fourth-order valence-corrected chi connectivity index (χ4v) is 7.06. The second-order valence-corrected chi connectivity index (χ2v) is 12.1. The van der Waals surface area contributed by atoms with Gasteiger partial charge in [0.2, 0.25) is 0 Å². The Balaban J connectivity index is 1.39. The zero-order valence-electron chi connectivity index (χ0n) is 26.2. The number of hydrogen-bond donors (Lipinski definition) is 0. The molecule has 9 rings (SSSR count). The predicted octanol–water partition coefficient (Wildman–Crippen LogP) is 12.3. The smallest absolute Gasteiger partial charge is 0.160 e. The molecule has 2 heteroatoms. The van der Waals surface area contributed by atoms with Gasteiger partial charge in [-0.05, 0) is 66.7 Å². The summed E-state index contributed by atoms with van der Waals surface area (Å²) in [5.41, 5.74) is 9.73. The molecule has 1 aromatic heterocycles. The molecular formula is C46H30N2. The molecule has 0 aliphatic rings. The predicted molar refractivity (Wildman–Crippen MR) is 202 cm³/mol. The van der Waals surface area contributed by atoms with Crippen LogP contribution in [0.5, 0.6) is 0 Å². The lowest BCUT2D eigenvalue weighted by Crippen LogP contribution is -1.98. The summed E-state index contributed by atoms with van der Waals surface area (Å²) in [6.07, 6.45) is 0. The van der Waals surface area contributed by atoms with Crippen molar-refractivity contribution in [3.8, 4) is 56.2 Å². The van der Waals surface area contributed by atoms with Crippen molar-refractivity contribution in [2.75, 3.05) is 0 Å². The van der Waals surface area contributed by atoms with E-state index < -0.39 is 0 Å². The molecule has 2 nitrogen and oxygen atoms in total. The maximum Gasteiger partial charge on any atom is 0.160 e. The number of benzene rings is 8. The van der Waals surface area contributed by atoms with Crippen molar-refractivity contribution in [3.05, 3.63) is 182 Å². The van der Waals surface area contributed by atoms with Crippen molar-refractivity contribution in [2.24, 2.45) is 0 Å². The van der Waals surface area contributed by atoms with Crippen LogP contribution in [0.15, 0.2) is 182 Å². The minimum atomic E-state index is 0.707. The van der Waals surface area contributed by atoms with E-state index in [-0.39, 0.29) is 0 Å². The van der Waals surface area contributed by atoms with Crippen molar-refractivity contribution < 1.29 is 0 Å². The first-order chi connectivity index (χ1) is 23.8. The highest BCUT2D eigenvalue weighted by Gasteiger charge is 2.21. The summed E-state index contributed by atoms with van der Waals surface area (Å²) in [4.78, 5) is 10.5. The third kappa shape index (κ3) is 4.83. The van der Waals surface area contributed by atoms with Crippen LogP contribution in [-0.4, -0.2) is 9.97 Å². The number of rotatable bonds is 5. The Labute approximate surface area is 279 Å². The molecule has 0 radical (unpaired) electrons. The Morgan fingerprint density at radius 3 is 1.56 bits per heavy atom. The van der Waals surface area contributed by atoms with Crippen LogP contribution < -0.4 is 0 Å². The highest BCUT2D eigenvalue weighted by Crippen LogP contribution is 2.46. The molecule has 0 saturated carbocycles. The summed E-state index contributed by atoms with van der Waals surface area (Å²) in [6.45, 7) is 0. The average molecular weight is 611 g/mol. The van der Waals surface area contributed by atoms with Crippen molar-refractivity contribution in [3.63, 3.8) is 0 Å². The van der Waals surface area contributed by atoms with Gasteiger partial charge in [0.25, 0.3) is 0 Å². The summed E-state index contributed by atoms with van der Waals surface area (Å²) >= 11 is 0. The molecule has 0 unspecified atom stereocenters. The van der Waals surface area contributed by atoms with Gasteiger partial charge >= 0.3 is 0 Å². The minimum Gasteiger partial charge on any atom is -0.228 e. The zero-order valence-corrected chi connectivity index (χ0v) is 26.2. The molecule has 0 aliphatic heterocycles. The average Bonchev–Trinajstić information content (AvgIpc) is 3.17. The van der Waals surface area contributed by atoms with Gasteiger partial charge in [0.15, 0.2) is 5.82 Å². The van der Waals surface area contributed by atoms with E-state index in [0.717, 1.165) is 33.6 Å². The summed E-state index contributed by atoms with van der Waals surface area (Å²) < 4.78 is 0. The fraction of sp³-hybridized carbons (Fsp3) is 0. The second kappa shape index (κ2) is 11.8. The van der Waals surface area contributed by atoms with E-state index in [1.807, 2.05) is 18.2 Å². The quantitative estimate of drug-likeness (QED) is 0.143. The van der Waals surface area contributed by atoms with Crippen LogP contribution in [0.25, 0.3) is 88.5 Å². The normalized spacial score (nSPS) is 11.3. The van der Waals surface area contributed by atoms with E-state index >= 15 is 0 Å². The second-order valence-electron chi connectivity index (χ2n) is 12.1. The first-order valence-electron chi connectivity index (χ1n) is 16.3. The monoisotopic (exact) mass is 610 g/mol.